The molecule has 2 nitrogen and oxygen atoms in total. The first-order chi connectivity index (χ1) is 3.50. The topological polar surface area (TPSA) is 49.9 Å². The number of nitrogens with two attached hydrogens (primary N) is 1. The fourth-order valence-corrected chi connectivity index (χ4v) is 0.0720. The molecule has 0 spiro atoms. The highest BCUT2D eigenvalue weighted by Gasteiger charge is 2.20. The predicted molar refractivity (Wildman–Crippen MR) is 31.7 cm³/mol. The van der Waals surface area contributed by atoms with Gasteiger partial charge in [0, 0.05) is 5.41 Å². The van der Waals surface area contributed by atoms with Crippen molar-refractivity contribution in [3.05, 3.63) is 0 Å². The zero-order chi connectivity index (χ0) is 6.78. The van der Waals surface area contributed by atoms with Crippen molar-refractivity contribution in [2.45, 2.75) is 13.8 Å². The molecule has 0 aromatic heterocycles. The second-order valence-corrected chi connectivity index (χ2v) is 2.43. The van der Waals surface area contributed by atoms with Crippen LogP contribution in [0.5, 0.6) is 0 Å². The van der Waals surface area contributed by atoms with Crippen molar-refractivity contribution < 1.29 is 4.39 Å². The maximum absolute atomic E-state index is 11.8. The highest BCUT2D eigenvalue weighted by molar-refractivity contribution is 5.82. The van der Waals surface area contributed by atoms with Crippen molar-refractivity contribution in [3.63, 3.8) is 0 Å². The molecule has 0 heterocycles. The molecule has 0 atom stereocenters. The van der Waals surface area contributed by atoms with E-state index in [1.807, 2.05) is 0 Å². The number of halogens is 1. The maximum Gasteiger partial charge on any atom is 0.101 e. The zero-order valence-corrected chi connectivity index (χ0v) is 5.16. The van der Waals surface area contributed by atoms with Crippen LogP contribution in [0.3, 0.4) is 0 Å². The second kappa shape index (κ2) is 2.11. The van der Waals surface area contributed by atoms with Crippen molar-refractivity contribution >= 4 is 5.84 Å². The number of rotatable bonds is 2. The van der Waals surface area contributed by atoms with Gasteiger partial charge >= 0.3 is 0 Å². The van der Waals surface area contributed by atoms with Crippen molar-refractivity contribution in [3.8, 4) is 0 Å². The van der Waals surface area contributed by atoms with Gasteiger partial charge in [-0.1, -0.05) is 13.8 Å². The lowest BCUT2D eigenvalue weighted by atomic mass is 9.95. The van der Waals surface area contributed by atoms with Crippen LogP contribution in [0.4, 0.5) is 4.39 Å². The molecule has 3 heteroatoms. The molecular weight excluding hydrogens is 107 g/mol. The van der Waals surface area contributed by atoms with E-state index in [2.05, 4.69) is 0 Å². The maximum atomic E-state index is 11.8. The summed E-state index contributed by atoms with van der Waals surface area (Å²) in [5.41, 5.74) is 4.26. The lowest BCUT2D eigenvalue weighted by Crippen LogP contribution is -2.32. The molecule has 0 bridgehead atoms. The number of nitrogens with one attached hydrogen (secondary N) is 1. The average Bonchev–Trinajstić information content (AvgIpc) is 1.67. The van der Waals surface area contributed by atoms with Gasteiger partial charge in [0.05, 0.1) is 5.84 Å². The van der Waals surface area contributed by atoms with Crippen LogP contribution in [0, 0.1) is 10.8 Å². The van der Waals surface area contributed by atoms with Gasteiger partial charge in [-0.3, -0.25) is 9.80 Å². The van der Waals surface area contributed by atoms with Gasteiger partial charge in [0.1, 0.15) is 6.67 Å². The van der Waals surface area contributed by atoms with Gasteiger partial charge in [0.25, 0.3) is 0 Å². The first-order valence-electron chi connectivity index (χ1n) is 2.41. The number of hydrogen-bond donors (Lipinski definition) is 2. The molecular formula is C5H11FN2. The summed E-state index contributed by atoms with van der Waals surface area (Å²) in [4.78, 5) is 0. The summed E-state index contributed by atoms with van der Waals surface area (Å²) in [6.45, 7) is 2.62. The monoisotopic (exact) mass is 118 g/mol. The molecule has 0 aromatic rings. The Morgan fingerprint density at radius 1 is 1.75 bits per heavy atom. The lowest BCUT2D eigenvalue weighted by Gasteiger charge is -2.16. The van der Waals surface area contributed by atoms with E-state index in [4.69, 9.17) is 11.1 Å². The smallest absolute Gasteiger partial charge is 0.101 e. The van der Waals surface area contributed by atoms with E-state index in [1.165, 1.54) is 0 Å². The van der Waals surface area contributed by atoms with E-state index in [9.17, 15) is 4.39 Å². The third-order valence-corrected chi connectivity index (χ3v) is 1.06. The molecule has 0 saturated heterocycles. The van der Waals surface area contributed by atoms with E-state index in [-0.39, 0.29) is 5.84 Å². The van der Waals surface area contributed by atoms with Gasteiger partial charge in [0.15, 0.2) is 0 Å². The van der Waals surface area contributed by atoms with Gasteiger partial charge < -0.3 is 5.73 Å². The summed E-state index contributed by atoms with van der Waals surface area (Å²) in [7, 11) is 0. The SMILES string of the molecule is CC(C)(CF)C(=N)N. The van der Waals surface area contributed by atoms with E-state index >= 15 is 0 Å². The molecule has 3 N–H and O–H groups in total. The molecule has 0 rings (SSSR count). The minimum Gasteiger partial charge on any atom is -0.387 e. The third kappa shape index (κ3) is 1.48. The molecule has 0 aromatic carbocycles. The number of hydrogen-bond acceptors (Lipinski definition) is 1. The molecule has 0 saturated carbocycles. The minimum absolute atomic E-state index is 0.0972. The Kier molecular flexibility index (Phi) is 1.95. The van der Waals surface area contributed by atoms with Gasteiger partial charge in [-0.25, -0.2) is 0 Å². The Morgan fingerprint density at radius 2 is 2.12 bits per heavy atom. The molecule has 0 aliphatic carbocycles. The molecule has 0 amide bonds. The molecule has 48 valence electrons. The second-order valence-electron chi connectivity index (χ2n) is 2.43. The minimum atomic E-state index is -0.764. The highest BCUT2D eigenvalue weighted by Crippen LogP contribution is 2.13. The van der Waals surface area contributed by atoms with Crippen LogP contribution in [0.25, 0.3) is 0 Å². The number of alkyl halides is 1. The molecule has 8 heavy (non-hydrogen) atoms. The Hall–Kier alpha value is -0.600. The Balaban J connectivity index is 3.91. The van der Waals surface area contributed by atoms with E-state index < -0.39 is 12.1 Å². The van der Waals surface area contributed by atoms with Crippen molar-refractivity contribution in [2.75, 3.05) is 6.67 Å². The molecule has 0 fully saturated rings. The Morgan fingerprint density at radius 3 is 2.12 bits per heavy atom. The standard InChI is InChI=1S/C5H11FN2/c1-5(2,3-6)4(7)8/h3H2,1-2H3,(H3,7,8). The van der Waals surface area contributed by atoms with Crippen LogP contribution in [-0.2, 0) is 0 Å². The normalized spacial score (nSPS) is 11.4. The van der Waals surface area contributed by atoms with Crippen LogP contribution in [0.2, 0.25) is 0 Å². The average molecular weight is 118 g/mol. The van der Waals surface area contributed by atoms with Gasteiger partial charge in [-0.05, 0) is 0 Å². The summed E-state index contributed by atoms with van der Waals surface area (Å²) < 4.78 is 11.8. The van der Waals surface area contributed by atoms with Crippen LogP contribution in [-0.4, -0.2) is 12.5 Å². The van der Waals surface area contributed by atoms with Crippen LogP contribution in [0.15, 0.2) is 0 Å². The van der Waals surface area contributed by atoms with E-state index in [0.29, 0.717) is 0 Å². The largest absolute Gasteiger partial charge is 0.387 e. The van der Waals surface area contributed by atoms with E-state index in [0.717, 1.165) is 0 Å². The van der Waals surface area contributed by atoms with Crippen LogP contribution in [0.1, 0.15) is 13.8 Å². The van der Waals surface area contributed by atoms with Crippen molar-refractivity contribution in [1.82, 2.24) is 0 Å². The Labute approximate surface area is 48.4 Å². The quantitative estimate of drug-likeness (QED) is 0.411. The Bertz CT molecular complexity index is 98.6. The van der Waals surface area contributed by atoms with Gasteiger partial charge in [-0.15, -0.1) is 0 Å². The van der Waals surface area contributed by atoms with Gasteiger partial charge in [-0.2, -0.15) is 0 Å². The van der Waals surface area contributed by atoms with Crippen molar-refractivity contribution in [1.29, 1.82) is 5.41 Å². The van der Waals surface area contributed by atoms with E-state index in [1.54, 1.807) is 13.8 Å². The van der Waals surface area contributed by atoms with Crippen LogP contribution < -0.4 is 5.73 Å². The molecule has 0 radical (unpaired) electrons. The molecule has 0 aliphatic heterocycles. The fraction of sp³-hybridized carbons (Fsp3) is 0.800. The first kappa shape index (κ1) is 7.40. The van der Waals surface area contributed by atoms with Crippen LogP contribution >= 0.6 is 0 Å². The summed E-state index contributed by atoms with van der Waals surface area (Å²) in [5.74, 6) is -0.0972. The third-order valence-electron chi connectivity index (χ3n) is 1.06. The number of amidine groups is 1. The summed E-state index contributed by atoms with van der Waals surface area (Å²) >= 11 is 0. The first-order valence-corrected chi connectivity index (χ1v) is 2.41. The lowest BCUT2D eigenvalue weighted by molar-refractivity contribution is 0.342. The van der Waals surface area contributed by atoms with Crippen molar-refractivity contribution in [2.24, 2.45) is 11.1 Å². The summed E-state index contributed by atoms with van der Waals surface area (Å²) in [6, 6.07) is 0. The van der Waals surface area contributed by atoms with Gasteiger partial charge in [0.2, 0.25) is 0 Å². The summed E-state index contributed by atoms with van der Waals surface area (Å²) in [6.07, 6.45) is 0. The zero-order valence-electron chi connectivity index (χ0n) is 5.16. The molecule has 0 aliphatic rings. The molecule has 0 unspecified atom stereocenters. The highest BCUT2D eigenvalue weighted by atomic mass is 19.1. The predicted octanol–water partition coefficient (Wildman–Crippen LogP) is 0.918. The fourth-order valence-electron chi connectivity index (χ4n) is 0.0720. The summed E-state index contributed by atoms with van der Waals surface area (Å²) in [5, 5.41) is 6.83.